The molecule has 0 fully saturated rings. The highest BCUT2D eigenvalue weighted by Crippen LogP contribution is 2.40. The summed E-state index contributed by atoms with van der Waals surface area (Å²) in [5.41, 5.74) is 8.78. The molecule has 0 saturated carbocycles. The van der Waals surface area contributed by atoms with Crippen LogP contribution in [0.25, 0.3) is 11.1 Å². The normalized spacial score (nSPS) is 14.3. The second kappa shape index (κ2) is 8.69. The molecule has 3 rings (SSSR count). The number of nitrogens with one attached hydrogen (secondary N) is 1. The number of nitrogens with two attached hydrogens (primary N) is 1. The number of hydrogen-bond acceptors (Lipinski definition) is 6. The third-order valence-electron chi connectivity index (χ3n) is 4.56. The maximum Gasteiger partial charge on any atom is 0.412 e. The van der Waals surface area contributed by atoms with E-state index in [-0.39, 0.29) is 0 Å². The lowest BCUT2D eigenvalue weighted by atomic mass is 9.93. The Morgan fingerprint density at radius 1 is 1.34 bits per heavy atom. The highest BCUT2D eigenvalue weighted by Gasteiger charge is 2.23. The van der Waals surface area contributed by atoms with Gasteiger partial charge in [-0.25, -0.2) is 9.78 Å². The molecule has 1 aliphatic rings. The van der Waals surface area contributed by atoms with Gasteiger partial charge in [0.15, 0.2) is 0 Å². The van der Waals surface area contributed by atoms with Gasteiger partial charge >= 0.3 is 6.09 Å². The van der Waals surface area contributed by atoms with E-state index in [2.05, 4.69) is 24.1 Å². The van der Waals surface area contributed by atoms with Crippen LogP contribution in [0.4, 0.5) is 10.6 Å². The maximum atomic E-state index is 11.7. The summed E-state index contributed by atoms with van der Waals surface area (Å²) in [5.74, 6) is 2.38. The number of pyridine rings is 1. The van der Waals surface area contributed by atoms with Crippen LogP contribution in [0.2, 0.25) is 0 Å². The van der Waals surface area contributed by atoms with Crippen molar-refractivity contribution in [3.05, 3.63) is 36.0 Å². The van der Waals surface area contributed by atoms with Gasteiger partial charge in [-0.05, 0) is 49.9 Å². The average Bonchev–Trinajstić information content (AvgIpc) is 2.65. The second-order valence-corrected chi connectivity index (χ2v) is 8.06. The Morgan fingerprint density at radius 3 is 2.86 bits per heavy atom. The standard InChI is InChI=1S/C22H29N3O4/c1-5-27-21(26)25-20-9-18-15(11-24-20)12-28-19-8-16(6-7-17(18)19)29-13-22(4,23)10-14(2)3/h6-9,11,14H,5,10,12-13,23H2,1-4H3,(H,24,25,26). The molecule has 1 aromatic heterocycles. The monoisotopic (exact) mass is 399 g/mol. The van der Waals surface area contributed by atoms with E-state index >= 15 is 0 Å². The third-order valence-corrected chi connectivity index (χ3v) is 4.56. The summed E-state index contributed by atoms with van der Waals surface area (Å²) in [5, 5.41) is 2.64. The molecule has 7 heteroatoms. The van der Waals surface area contributed by atoms with Crippen molar-refractivity contribution in [2.24, 2.45) is 11.7 Å². The van der Waals surface area contributed by atoms with Crippen LogP contribution >= 0.6 is 0 Å². The Morgan fingerprint density at radius 2 is 2.14 bits per heavy atom. The summed E-state index contributed by atoms with van der Waals surface area (Å²) in [6.07, 6.45) is 2.06. The molecule has 1 unspecified atom stereocenters. The van der Waals surface area contributed by atoms with Crippen LogP contribution in [0.5, 0.6) is 11.5 Å². The Hall–Kier alpha value is -2.80. The summed E-state index contributed by atoms with van der Waals surface area (Å²) in [4.78, 5) is 15.9. The molecule has 29 heavy (non-hydrogen) atoms. The van der Waals surface area contributed by atoms with Crippen LogP contribution in [0, 0.1) is 5.92 Å². The summed E-state index contributed by atoms with van der Waals surface area (Å²) >= 11 is 0. The molecule has 1 amide bonds. The Labute approximate surface area is 171 Å². The highest BCUT2D eigenvalue weighted by molar-refractivity contribution is 5.85. The first kappa shape index (κ1) is 20.9. The van der Waals surface area contributed by atoms with Crippen molar-refractivity contribution in [1.82, 2.24) is 4.98 Å². The Balaban J connectivity index is 1.77. The van der Waals surface area contributed by atoms with Gasteiger partial charge in [0.1, 0.15) is 30.5 Å². The fourth-order valence-corrected chi connectivity index (χ4v) is 3.52. The Bertz CT molecular complexity index is 880. The van der Waals surface area contributed by atoms with Gasteiger partial charge in [0.2, 0.25) is 0 Å². The van der Waals surface area contributed by atoms with Gasteiger partial charge in [-0.3, -0.25) is 5.32 Å². The number of anilines is 1. The van der Waals surface area contributed by atoms with Crippen LogP contribution in [-0.4, -0.2) is 29.8 Å². The van der Waals surface area contributed by atoms with E-state index < -0.39 is 11.6 Å². The predicted octanol–water partition coefficient (Wildman–Crippen LogP) is 4.35. The van der Waals surface area contributed by atoms with Crippen molar-refractivity contribution in [1.29, 1.82) is 0 Å². The van der Waals surface area contributed by atoms with E-state index in [0.29, 0.717) is 37.3 Å². The number of amides is 1. The van der Waals surface area contributed by atoms with Crippen LogP contribution < -0.4 is 20.5 Å². The van der Waals surface area contributed by atoms with Crippen LogP contribution in [0.1, 0.15) is 39.7 Å². The van der Waals surface area contributed by atoms with Crippen molar-refractivity contribution in [3.63, 3.8) is 0 Å². The largest absolute Gasteiger partial charge is 0.492 e. The third kappa shape index (κ3) is 5.38. The first-order chi connectivity index (χ1) is 13.8. The van der Waals surface area contributed by atoms with E-state index in [0.717, 1.165) is 28.9 Å². The second-order valence-electron chi connectivity index (χ2n) is 8.06. The summed E-state index contributed by atoms with van der Waals surface area (Å²) < 4.78 is 16.7. The zero-order chi connectivity index (χ0) is 21.0. The van der Waals surface area contributed by atoms with E-state index in [9.17, 15) is 4.79 Å². The number of rotatable bonds is 7. The number of aromatic nitrogens is 1. The number of fused-ring (bicyclic) bond motifs is 3. The zero-order valence-corrected chi connectivity index (χ0v) is 17.5. The molecule has 0 bridgehead atoms. The van der Waals surface area contributed by atoms with E-state index in [4.69, 9.17) is 19.9 Å². The molecule has 0 aliphatic carbocycles. The number of ether oxygens (including phenoxy) is 3. The highest BCUT2D eigenvalue weighted by atomic mass is 16.5. The molecule has 0 radical (unpaired) electrons. The molecule has 1 aliphatic heterocycles. The zero-order valence-electron chi connectivity index (χ0n) is 17.5. The smallest absolute Gasteiger partial charge is 0.412 e. The molecule has 1 aromatic carbocycles. The van der Waals surface area contributed by atoms with Crippen molar-refractivity contribution in [2.75, 3.05) is 18.5 Å². The number of hydrogen-bond donors (Lipinski definition) is 2. The maximum absolute atomic E-state index is 11.7. The van der Waals surface area contributed by atoms with Gasteiger partial charge in [0.25, 0.3) is 0 Å². The molecule has 2 heterocycles. The molecule has 0 spiro atoms. The quantitative estimate of drug-likeness (QED) is 0.718. The summed E-state index contributed by atoms with van der Waals surface area (Å²) in [6, 6.07) is 7.56. The lowest BCUT2D eigenvalue weighted by Crippen LogP contribution is -2.43. The van der Waals surface area contributed by atoms with E-state index in [1.54, 1.807) is 13.1 Å². The lowest BCUT2D eigenvalue weighted by Gasteiger charge is -2.27. The number of carbonyl (C=O) groups excluding carboxylic acids is 1. The minimum Gasteiger partial charge on any atom is -0.492 e. The van der Waals surface area contributed by atoms with Gasteiger partial charge in [-0.1, -0.05) is 13.8 Å². The van der Waals surface area contributed by atoms with Gasteiger partial charge in [-0.2, -0.15) is 0 Å². The number of carbonyl (C=O) groups is 1. The number of benzene rings is 1. The molecule has 7 nitrogen and oxygen atoms in total. The minimum absolute atomic E-state index is 0.301. The first-order valence-electron chi connectivity index (χ1n) is 9.89. The molecular formula is C22H29N3O4. The number of nitrogens with zero attached hydrogens (tertiary/aromatic N) is 1. The average molecular weight is 399 g/mol. The van der Waals surface area contributed by atoms with Crippen LogP contribution in [0.15, 0.2) is 30.5 Å². The van der Waals surface area contributed by atoms with Gasteiger partial charge in [-0.15, -0.1) is 0 Å². The lowest BCUT2D eigenvalue weighted by molar-refractivity contribution is 0.168. The Kier molecular flexibility index (Phi) is 6.27. The molecule has 3 N–H and O–H groups in total. The van der Waals surface area contributed by atoms with Crippen molar-refractivity contribution >= 4 is 11.9 Å². The molecular weight excluding hydrogens is 370 g/mol. The van der Waals surface area contributed by atoms with Gasteiger partial charge in [0, 0.05) is 28.9 Å². The van der Waals surface area contributed by atoms with Crippen molar-refractivity contribution in [3.8, 4) is 22.6 Å². The summed E-state index contributed by atoms with van der Waals surface area (Å²) in [6.45, 7) is 9.19. The molecule has 1 atom stereocenters. The van der Waals surface area contributed by atoms with Gasteiger partial charge < -0.3 is 19.9 Å². The van der Waals surface area contributed by atoms with E-state index in [1.165, 1.54) is 0 Å². The van der Waals surface area contributed by atoms with Crippen LogP contribution in [0.3, 0.4) is 0 Å². The van der Waals surface area contributed by atoms with Crippen molar-refractivity contribution in [2.45, 2.75) is 46.3 Å². The molecule has 0 saturated heterocycles. The van der Waals surface area contributed by atoms with Crippen LogP contribution in [-0.2, 0) is 11.3 Å². The van der Waals surface area contributed by atoms with Gasteiger partial charge in [0.05, 0.1) is 6.61 Å². The molecule has 2 aromatic rings. The minimum atomic E-state index is -0.526. The topological polar surface area (TPSA) is 95.7 Å². The van der Waals surface area contributed by atoms with E-state index in [1.807, 2.05) is 31.2 Å². The molecule has 156 valence electrons. The fraction of sp³-hybridized carbons (Fsp3) is 0.455. The predicted molar refractivity (Wildman–Crippen MR) is 112 cm³/mol. The fourth-order valence-electron chi connectivity index (χ4n) is 3.52. The summed E-state index contributed by atoms with van der Waals surface area (Å²) in [7, 11) is 0. The first-order valence-corrected chi connectivity index (χ1v) is 9.89. The van der Waals surface area contributed by atoms with Crippen molar-refractivity contribution < 1.29 is 19.0 Å². The SMILES string of the molecule is CCOC(=O)Nc1cc2c(cn1)COc1cc(OCC(C)(N)CC(C)C)ccc1-2.